The number of hydrogen-bond donors (Lipinski definition) is 4. The first kappa shape index (κ1) is 22.9. The number of benzene rings is 2. The Morgan fingerprint density at radius 1 is 1.19 bits per heavy atom. The molecule has 1 heterocycles. The third-order valence-corrected chi connectivity index (χ3v) is 5.11. The van der Waals surface area contributed by atoms with Gasteiger partial charge in [0.2, 0.25) is 5.95 Å². The SMILES string of the molecule is CCN(CCOC)c1cccc(Nc2nccc(N/C(=C/N)c3cccc(C)c3N)n2)c1. The number of ether oxygens (including phenoxy) is 1. The summed E-state index contributed by atoms with van der Waals surface area (Å²) >= 11 is 0. The third-order valence-electron chi connectivity index (χ3n) is 5.11. The van der Waals surface area contributed by atoms with Gasteiger partial charge in [-0.3, -0.25) is 0 Å². The van der Waals surface area contributed by atoms with Crippen LogP contribution in [-0.2, 0) is 4.74 Å². The lowest BCUT2D eigenvalue weighted by molar-refractivity contribution is 0.205. The van der Waals surface area contributed by atoms with E-state index < -0.39 is 0 Å². The van der Waals surface area contributed by atoms with Gasteiger partial charge in [0.25, 0.3) is 0 Å². The molecule has 1 aromatic heterocycles. The highest BCUT2D eigenvalue weighted by Gasteiger charge is 2.10. The zero-order valence-corrected chi connectivity index (χ0v) is 18.8. The molecular weight excluding hydrogens is 402 g/mol. The summed E-state index contributed by atoms with van der Waals surface area (Å²) in [5.41, 5.74) is 17.3. The van der Waals surface area contributed by atoms with Crippen LogP contribution in [0.3, 0.4) is 0 Å². The van der Waals surface area contributed by atoms with E-state index >= 15 is 0 Å². The van der Waals surface area contributed by atoms with E-state index in [4.69, 9.17) is 16.2 Å². The van der Waals surface area contributed by atoms with Crippen LogP contribution in [0.5, 0.6) is 0 Å². The summed E-state index contributed by atoms with van der Waals surface area (Å²) in [6.07, 6.45) is 3.18. The van der Waals surface area contributed by atoms with Gasteiger partial charge in [0.15, 0.2) is 0 Å². The summed E-state index contributed by atoms with van der Waals surface area (Å²) in [7, 11) is 1.71. The molecule has 0 radical (unpaired) electrons. The van der Waals surface area contributed by atoms with Gasteiger partial charge >= 0.3 is 0 Å². The Hall–Kier alpha value is -3.78. The minimum absolute atomic E-state index is 0.473. The monoisotopic (exact) mass is 433 g/mol. The number of rotatable bonds is 10. The van der Waals surface area contributed by atoms with Gasteiger partial charge in [-0.15, -0.1) is 0 Å². The van der Waals surface area contributed by atoms with Gasteiger partial charge in [-0.05, 0) is 43.7 Å². The second-order valence-electron chi connectivity index (χ2n) is 7.25. The predicted octanol–water partition coefficient (Wildman–Crippen LogP) is 3.95. The van der Waals surface area contributed by atoms with Crippen LogP contribution in [-0.4, -0.2) is 36.8 Å². The number of aromatic nitrogens is 2. The zero-order chi connectivity index (χ0) is 22.9. The topological polar surface area (TPSA) is 114 Å². The lowest BCUT2D eigenvalue weighted by atomic mass is 10.1. The molecule has 0 fully saturated rings. The van der Waals surface area contributed by atoms with Crippen molar-refractivity contribution in [1.82, 2.24) is 9.97 Å². The number of methoxy groups -OCH3 is 1. The maximum atomic E-state index is 6.23. The molecule has 0 spiro atoms. The minimum Gasteiger partial charge on any atom is -0.403 e. The fourth-order valence-corrected chi connectivity index (χ4v) is 3.32. The molecule has 8 nitrogen and oxygen atoms in total. The standard InChI is InChI=1S/C24H31N7O/c1-4-31(13-14-32-3)19-9-6-8-18(15-19)28-24-27-12-11-22(30-24)29-21(16-25)20-10-5-7-17(2)23(20)26/h5-12,15-16H,4,13-14,25-26H2,1-3H3,(H2,27,28,29,30)/b21-16+. The van der Waals surface area contributed by atoms with Gasteiger partial charge < -0.3 is 31.7 Å². The average molecular weight is 434 g/mol. The van der Waals surface area contributed by atoms with Gasteiger partial charge in [-0.2, -0.15) is 4.98 Å². The fraction of sp³-hybridized carbons (Fsp3) is 0.250. The highest BCUT2D eigenvalue weighted by molar-refractivity contribution is 5.82. The van der Waals surface area contributed by atoms with Crippen molar-refractivity contribution < 1.29 is 4.74 Å². The first-order chi connectivity index (χ1) is 15.5. The van der Waals surface area contributed by atoms with E-state index in [9.17, 15) is 0 Å². The van der Waals surface area contributed by atoms with Crippen LogP contribution in [0.1, 0.15) is 18.1 Å². The molecule has 0 atom stereocenters. The molecule has 2 aromatic carbocycles. The Labute approximate surface area is 189 Å². The lowest BCUT2D eigenvalue weighted by Gasteiger charge is -2.23. The molecule has 0 aliphatic carbocycles. The summed E-state index contributed by atoms with van der Waals surface area (Å²) < 4.78 is 5.22. The number of nitrogens with one attached hydrogen (secondary N) is 2. The van der Waals surface area contributed by atoms with Crippen molar-refractivity contribution in [1.29, 1.82) is 0 Å². The molecule has 32 heavy (non-hydrogen) atoms. The van der Waals surface area contributed by atoms with E-state index in [0.29, 0.717) is 29.8 Å². The number of anilines is 5. The van der Waals surface area contributed by atoms with Crippen LogP contribution in [0, 0.1) is 6.92 Å². The Bertz CT molecular complexity index is 1070. The first-order valence-corrected chi connectivity index (χ1v) is 10.5. The quantitative estimate of drug-likeness (QED) is 0.355. The number of likely N-dealkylation sites (N-methyl/N-ethyl adjacent to an activating group) is 1. The van der Waals surface area contributed by atoms with Crippen molar-refractivity contribution in [3.8, 4) is 0 Å². The molecule has 0 aliphatic rings. The van der Waals surface area contributed by atoms with Crippen LogP contribution >= 0.6 is 0 Å². The third kappa shape index (κ3) is 5.67. The molecule has 0 bridgehead atoms. The maximum Gasteiger partial charge on any atom is 0.229 e. The second kappa shape index (κ2) is 11.0. The number of nitrogens with two attached hydrogens (primary N) is 2. The minimum atomic E-state index is 0.473. The molecule has 3 aromatic rings. The Balaban J connectivity index is 1.77. The molecule has 3 rings (SSSR count). The molecule has 8 heteroatoms. The van der Waals surface area contributed by atoms with Crippen molar-refractivity contribution in [2.45, 2.75) is 13.8 Å². The fourth-order valence-electron chi connectivity index (χ4n) is 3.32. The summed E-state index contributed by atoms with van der Waals surface area (Å²) in [6.45, 7) is 6.47. The van der Waals surface area contributed by atoms with E-state index in [2.05, 4.69) is 44.6 Å². The average Bonchev–Trinajstić information content (AvgIpc) is 2.80. The van der Waals surface area contributed by atoms with Gasteiger partial charge in [0.05, 0.1) is 12.3 Å². The Morgan fingerprint density at radius 3 is 2.75 bits per heavy atom. The molecule has 6 N–H and O–H groups in total. The summed E-state index contributed by atoms with van der Waals surface area (Å²) in [4.78, 5) is 11.2. The van der Waals surface area contributed by atoms with Crippen molar-refractivity contribution in [3.05, 3.63) is 72.1 Å². The maximum absolute atomic E-state index is 6.23. The van der Waals surface area contributed by atoms with E-state index in [0.717, 1.165) is 35.6 Å². The van der Waals surface area contributed by atoms with Gasteiger partial charge in [0.1, 0.15) is 5.82 Å². The van der Waals surface area contributed by atoms with Crippen LogP contribution < -0.4 is 27.0 Å². The largest absolute Gasteiger partial charge is 0.403 e. The van der Waals surface area contributed by atoms with E-state index in [1.807, 2.05) is 37.3 Å². The number of aryl methyl sites for hydroxylation is 1. The highest BCUT2D eigenvalue weighted by Crippen LogP contribution is 2.26. The van der Waals surface area contributed by atoms with Crippen LogP contribution in [0.2, 0.25) is 0 Å². The molecular formula is C24H31N7O. The number of nitrogens with zero attached hydrogens (tertiary/aromatic N) is 3. The molecule has 0 aliphatic heterocycles. The van der Waals surface area contributed by atoms with Crippen LogP contribution in [0.15, 0.2) is 60.9 Å². The van der Waals surface area contributed by atoms with Crippen molar-refractivity contribution in [3.63, 3.8) is 0 Å². The molecule has 0 saturated heterocycles. The number of para-hydroxylation sites is 1. The predicted molar refractivity (Wildman–Crippen MR) is 133 cm³/mol. The number of nitrogen functional groups attached to an aromatic ring is 1. The van der Waals surface area contributed by atoms with Crippen molar-refractivity contribution >= 4 is 34.5 Å². The van der Waals surface area contributed by atoms with Gasteiger partial charge in [-0.25, -0.2) is 4.98 Å². The van der Waals surface area contributed by atoms with E-state index in [1.54, 1.807) is 19.4 Å². The second-order valence-corrected chi connectivity index (χ2v) is 7.25. The summed E-state index contributed by atoms with van der Waals surface area (Å²) in [5.74, 6) is 1.08. The van der Waals surface area contributed by atoms with Gasteiger partial charge in [-0.1, -0.05) is 24.3 Å². The van der Waals surface area contributed by atoms with Crippen LogP contribution in [0.4, 0.5) is 28.8 Å². The number of hydrogen-bond acceptors (Lipinski definition) is 8. The van der Waals surface area contributed by atoms with Crippen molar-refractivity contribution in [2.24, 2.45) is 5.73 Å². The van der Waals surface area contributed by atoms with Gasteiger partial charge in [0, 0.05) is 55.2 Å². The molecule has 168 valence electrons. The van der Waals surface area contributed by atoms with E-state index in [1.165, 1.54) is 6.20 Å². The lowest BCUT2D eigenvalue weighted by Crippen LogP contribution is -2.26. The molecule has 0 amide bonds. The van der Waals surface area contributed by atoms with Crippen molar-refractivity contribution in [2.75, 3.05) is 48.1 Å². The Kier molecular flexibility index (Phi) is 7.88. The summed E-state index contributed by atoms with van der Waals surface area (Å²) in [6, 6.07) is 15.7. The molecule has 0 unspecified atom stereocenters. The van der Waals surface area contributed by atoms with E-state index in [-0.39, 0.29) is 0 Å². The normalized spacial score (nSPS) is 11.3. The first-order valence-electron chi connectivity index (χ1n) is 10.5. The zero-order valence-electron chi connectivity index (χ0n) is 18.8. The highest BCUT2D eigenvalue weighted by atomic mass is 16.5. The summed E-state index contributed by atoms with van der Waals surface area (Å²) in [5, 5.41) is 6.52. The Morgan fingerprint density at radius 2 is 2.00 bits per heavy atom. The molecule has 0 saturated carbocycles. The van der Waals surface area contributed by atoms with Crippen LogP contribution in [0.25, 0.3) is 5.70 Å². The smallest absolute Gasteiger partial charge is 0.229 e.